The molecule has 0 saturated heterocycles. The largest absolute Gasteiger partial charge is 0.277 e. The molecule has 28 heavy (non-hydrogen) atoms. The van der Waals surface area contributed by atoms with Crippen molar-refractivity contribution in [1.82, 2.24) is 0 Å². The van der Waals surface area contributed by atoms with E-state index >= 15 is 8.78 Å². The first-order valence-corrected chi connectivity index (χ1v) is 10.5. The number of aryl methyl sites for hydroxylation is 1. The number of thiophene rings is 1. The first kappa shape index (κ1) is 18.0. The summed E-state index contributed by atoms with van der Waals surface area (Å²) in [5, 5.41) is 1.98. The standard InChI is InChI=1S/C24H21F3S/c1-23(2,3)20-14-6-4-5-7-15(14)22-18-13(12-28-22)10-11-24(26,27)21-17(25)9-8-16(20)19(18)21/h4-9,12,20H,10-11H2,1-3H3. The summed E-state index contributed by atoms with van der Waals surface area (Å²) in [5.41, 5.74) is 4.58. The lowest BCUT2D eigenvalue weighted by atomic mass is 9.70. The van der Waals surface area contributed by atoms with E-state index in [0.717, 1.165) is 32.7 Å². The van der Waals surface area contributed by atoms with Crippen LogP contribution in [0.4, 0.5) is 13.2 Å². The van der Waals surface area contributed by atoms with Crippen LogP contribution in [0.3, 0.4) is 0 Å². The first-order valence-electron chi connectivity index (χ1n) is 9.61. The molecule has 0 N–H and O–H groups in total. The van der Waals surface area contributed by atoms with Gasteiger partial charge < -0.3 is 0 Å². The molecular formula is C24H21F3S. The Morgan fingerprint density at radius 3 is 2.50 bits per heavy atom. The Hall–Kier alpha value is -2.07. The minimum Gasteiger partial charge on any atom is -0.206 e. The Morgan fingerprint density at radius 2 is 1.75 bits per heavy atom. The van der Waals surface area contributed by atoms with Crippen molar-refractivity contribution in [2.75, 3.05) is 0 Å². The fraction of sp³-hybridized carbons (Fsp3) is 0.333. The topological polar surface area (TPSA) is 0 Å². The molecule has 0 nitrogen and oxygen atoms in total. The first-order chi connectivity index (χ1) is 13.2. The summed E-state index contributed by atoms with van der Waals surface area (Å²) < 4.78 is 45.2. The SMILES string of the molecule is CC(C)(C)C1c2ccccc2-c2scc3c2-c2c1ccc(F)c2C(F)(F)CC3. The van der Waals surface area contributed by atoms with Gasteiger partial charge in [0.1, 0.15) is 5.82 Å². The Balaban J connectivity index is 2.02. The van der Waals surface area contributed by atoms with Crippen LogP contribution in [0.5, 0.6) is 0 Å². The van der Waals surface area contributed by atoms with E-state index in [2.05, 4.69) is 32.9 Å². The molecule has 2 aromatic carbocycles. The quantitative estimate of drug-likeness (QED) is 0.363. The lowest BCUT2D eigenvalue weighted by Crippen LogP contribution is -2.22. The van der Waals surface area contributed by atoms with E-state index < -0.39 is 17.3 Å². The average Bonchev–Trinajstić information content (AvgIpc) is 2.93. The van der Waals surface area contributed by atoms with E-state index in [1.807, 2.05) is 17.5 Å². The number of alkyl halides is 2. The number of halogens is 3. The second-order valence-corrected chi connectivity index (χ2v) is 9.82. The summed E-state index contributed by atoms with van der Waals surface area (Å²) in [6.45, 7) is 6.37. The molecule has 144 valence electrons. The van der Waals surface area contributed by atoms with Crippen molar-refractivity contribution in [2.24, 2.45) is 5.41 Å². The maximum absolute atomic E-state index is 15.1. The second-order valence-electron chi connectivity index (χ2n) is 8.94. The van der Waals surface area contributed by atoms with Crippen molar-refractivity contribution in [3.05, 3.63) is 69.8 Å². The normalized spacial score (nSPS) is 19.4. The fourth-order valence-corrected chi connectivity index (χ4v) is 6.14. The molecule has 2 aliphatic carbocycles. The molecule has 0 radical (unpaired) electrons. The highest BCUT2D eigenvalue weighted by Gasteiger charge is 2.45. The van der Waals surface area contributed by atoms with Gasteiger partial charge in [0.05, 0.1) is 5.56 Å². The van der Waals surface area contributed by atoms with E-state index in [0.29, 0.717) is 5.56 Å². The van der Waals surface area contributed by atoms with Crippen LogP contribution in [-0.4, -0.2) is 0 Å². The minimum atomic E-state index is -3.18. The molecule has 1 atom stereocenters. The maximum atomic E-state index is 15.1. The molecule has 5 rings (SSSR count). The van der Waals surface area contributed by atoms with E-state index in [4.69, 9.17) is 0 Å². The predicted octanol–water partition coefficient (Wildman–Crippen LogP) is 7.75. The van der Waals surface area contributed by atoms with Crippen LogP contribution in [0.25, 0.3) is 21.6 Å². The molecule has 0 aliphatic heterocycles. The van der Waals surface area contributed by atoms with Gasteiger partial charge in [0.2, 0.25) is 0 Å². The molecule has 1 unspecified atom stereocenters. The van der Waals surface area contributed by atoms with Gasteiger partial charge in [-0.2, -0.15) is 0 Å². The van der Waals surface area contributed by atoms with Crippen LogP contribution >= 0.6 is 11.3 Å². The molecule has 0 bridgehead atoms. The number of benzene rings is 2. The van der Waals surface area contributed by atoms with Gasteiger partial charge in [-0.1, -0.05) is 51.1 Å². The fourth-order valence-electron chi connectivity index (χ4n) is 4.98. The van der Waals surface area contributed by atoms with Crippen molar-refractivity contribution in [3.8, 4) is 21.6 Å². The molecule has 1 heterocycles. The van der Waals surface area contributed by atoms with Crippen molar-refractivity contribution < 1.29 is 13.2 Å². The highest BCUT2D eigenvalue weighted by atomic mass is 32.1. The van der Waals surface area contributed by atoms with Crippen molar-refractivity contribution in [2.45, 2.75) is 45.5 Å². The summed E-state index contributed by atoms with van der Waals surface area (Å²) in [4.78, 5) is 0.989. The van der Waals surface area contributed by atoms with Crippen molar-refractivity contribution >= 4 is 11.3 Å². The molecule has 2 aliphatic rings. The number of fused-ring (bicyclic) bond motifs is 2. The number of rotatable bonds is 0. The zero-order valence-electron chi connectivity index (χ0n) is 16.1. The van der Waals surface area contributed by atoms with Gasteiger partial charge in [-0.05, 0) is 51.1 Å². The third kappa shape index (κ3) is 2.37. The minimum absolute atomic E-state index is 0.0978. The molecule has 0 amide bonds. The lowest BCUT2D eigenvalue weighted by Gasteiger charge is -2.34. The van der Waals surface area contributed by atoms with Gasteiger partial charge in [0.25, 0.3) is 5.92 Å². The Morgan fingerprint density at radius 1 is 1.00 bits per heavy atom. The van der Waals surface area contributed by atoms with Gasteiger partial charge in [0.15, 0.2) is 0 Å². The lowest BCUT2D eigenvalue weighted by molar-refractivity contribution is -0.0150. The van der Waals surface area contributed by atoms with E-state index in [1.54, 1.807) is 17.4 Å². The van der Waals surface area contributed by atoms with Crippen LogP contribution in [0.15, 0.2) is 41.8 Å². The van der Waals surface area contributed by atoms with Crippen LogP contribution in [-0.2, 0) is 12.3 Å². The van der Waals surface area contributed by atoms with E-state index in [-0.39, 0.29) is 24.2 Å². The number of hydrogen-bond acceptors (Lipinski definition) is 1. The van der Waals surface area contributed by atoms with Gasteiger partial charge in [0, 0.05) is 22.8 Å². The van der Waals surface area contributed by atoms with Gasteiger partial charge in [-0.3, -0.25) is 0 Å². The van der Waals surface area contributed by atoms with Crippen LogP contribution < -0.4 is 0 Å². The Labute approximate surface area is 167 Å². The second kappa shape index (κ2) is 5.73. The molecule has 4 heteroatoms. The summed E-state index contributed by atoms with van der Waals surface area (Å²) >= 11 is 1.59. The zero-order valence-corrected chi connectivity index (χ0v) is 16.9. The molecule has 3 aromatic rings. The highest BCUT2D eigenvalue weighted by molar-refractivity contribution is 7.14. The van der Waals surface area contributed by atoms with Crippen LogP contribution in [0.1, 0.15) is 55.4 Å². The van der Waals surface area contributed by atoms with Gasteiger partial charge >= 0.3 is 0 Å². The van der Waals surface area contributed by atoms with E-state index in [9.17, 15) is 4.39 Å². The molecule has 0 saturated carbocycles. The summed E-state index contributed by atoms with van der Waals surface area (Å²) in [6, 6.07) is 11.1. The summed E-state index contributed by atoms with van der Waals surface area (Å²) in [5.74, 6) is -4.07. The van der Waals surface area contributed by atoms with Gasteiger partial charge in [-0.25, -0.2) is 13.2 Å². The third-order valence-corrected chi connectivity index (χ3v) is 7.13. The maximum Gasteiger partial charge on any atom is 0.277 e. The van der Waals surface area contributed by atoms with Gasteiger partial charge in [-0.15, -0.1) is 11.3 Å². The third-order valence-electron chi connectivity index (χ3n) is 6.07. The highest BCUT2D eigenvalue weighted by Crippen LogP contribution is 2.58. The van der Waals surface area contributed by atoms with Crippen molar-refractivity contribution in [1.29, 1.82) is 0 Å². The molecule has 1 aromatic heterocycles. The smallest absolute Gasteiger partial charge is 0.206 e. The van der Waals surface area contributed by atoms with Crippen LogP contribution in [0, 0.1) is 11.2 Å². The van der Waals surface area contributed by atoms with Crippen molar-refractivity contribution in [3.63, 3.8) is 0 Å². The predicted molar refractivity (Wildman–Crippen MR) is 109 cm³/mol. The Bertz CT molecular complexity index is 1100. The molecule has 0 fully saturated rings. The number of hydrogen-bond donors (Lipinski definition) is 0. The van der Waals surface area contributed by atoms with E-state index in [1.165, 1.54) is 6.07 Å². The average molecular weight is 398 g/mol. The zero-order chi connectivity index (χ0) is 19.8. The van der Waals surface area contributed by atoms with Crippen LogP contribution in [0.2, 0.25) is 0 Å². The molecular weight excluding hydrogens is 377 g/mol. The Kier molecular flexibility index (Phi) is 3.68. The summed E-state index contributed by atoms with van der Waals surface area (Å²) in [7, 11) is 0. The molecule has 0 spiro atoms. The monoisotopic (exact) mass is 398 g/mol. The summed E-state index contributed by atoms with van der Waals surface area (Å²) in [6.07, 6.45) is -0.0971.